The van der Waals surface area contributed by atoms with Gasteiger partial charge < -0.3 is 5.32 Å². The lowest BCUT2D eigenvalue weighted by Crippen LogP contribution is -2.01. The molecule has 1 heterocycles. The van der Waals surface area contributed by atoms with Gasteiger partial charge in [0.1, 0.15) is 5.82 Å². The van der Waals surface area contributed by atoms with Gasteiger partial charge in [0.25, 0.3) is 0 Å². The Labute approximate surface area is 130 Å². The Balaban J connectivity index is 1.86. The molecule has 2 aromatic rings. The van der Waals surface area contributed by atoms with Crippen molar-refractivity contribution in [2.75, 3.05) is 11.9 Å². The first kappa shape index (κ1) is 15.2. The lowest BCUT2D eigenvalue weighted by molar-refractivity contribution is 0.968. The molecule has 0 amide bonds. The van der Waals surface area contributed by atoms with E-state index in [0.717, 1.165) is 35.3 Å². The van der Waals surface area contributed by atoms with Gasteiger partial charge in [-0.2, -0.15) is 11.8 Å². The number of hydrogen-bond acceptors (Lipinski definition) is 3. The Bertz CT molecular complexity index is 546. The van der Waals surface area contributed by atoms with Gasteiger partial charge in [-0.15, -0.1) is 0 Å². The van der Waals surface area contributed by atoms with E-state index in [1.807, 2.05) is 36.2 Å². The molecule has 2 nitrogen and oxygen atoms in total. The number of anilines is 1. The zero-order valence-corrected chi connectivity index (χ0v) is 13.2. The average Bonchev–Trinajstić information content (AvgIpc) is 2.48. The summed E-state index contributed by atoms with van der Waals surface area (Å²) in [6.07, 6.45) is 2.97. The van der Waals surface area contributed by atoms with E-state index in [1.165, 1.54) is 11.1 Å². The zero-order valence-electron chi connectivity index (χ0n) is 11.6. The van der Waals surface area contributed by atoms with Gasteiger partial charge in [-0.3, -0.25) is 0 Å². The summed E-state index contributed by atoms with van der Waals surface area (Å²) in [6.45, 7) is 3.11. The maximum atomic E-state index is 6.16. The first-order valence-electron chi connectivity index (χ1n) is 6.79. The van der Waals surface area contributed by atoms with Gasteiger partial charge >= 0.3 is 0 Å². The summed E-state index contributed by atoms with van der Waals surface area (Å²) >= 11 is 8.02. The van der Waals surface area contributed by atoms with Crippen LogP contribution in [0.2, 0.25) is 5.02 Å². The molecule has 0 aliphatic carbocycles. The Morgan fingerprint density at radius 3 is 2.85 bits per heavy atom. The molecule has 2 rings (SSSR count). The van der Waals surface area contributed by atoms with E-state index in [4.69, 9.17) is 11.6 Å². The van der Waals surface area contributed by atoms with Crippen LogP contribution in [0, 0.1) is 0 Å². The molecule has 0 saturated heterocycles. The number of nitrogens with one attached hydrogen (secondary N) is 1. The van der Waals surface area contributed by atoms with Crippen molar-refractivity contribution in [3.05, 3.63) is 58.7 Å². The van der Waals surface area contributed by atoms with E-state index >= 15 is 0 Å². The molecule has 4 heteroatoms. The zero-order chi connectivity index (χ0) is 14.2. The number of rotatable bonds is 7. The fraction of sp³-hybridized carbons (Fsp3) is 0.312. The molecule has 0 radical (unpaired) electrons. The van der Waals surface area contributed by atoms with E-state index in [0.29, 0.717) is 0 Å². The van der Waals surface area contributed by atoms with Crippen LogP contribution in [0.1, 0.15) is 24.5 Å². The fourth-order valence-corrected chi connectivity index (χ4v) is 3.08. The van der Waals surface area contributed by atoms with Gasteiger partial charge in [-0.1, -0.05) is 36.7 Å². The highest BCUT2D eigenvalue weighted by atomic mass is 35.5. The highest BCUT2D eigenvalue weighted by Gasteiger charge is 2.01. The SMILES string of the molecule is CCCNc1cc(CSCc2ccccc2Cl)ccn1. The van der Waals surface area contributed by atoms with E-state index in [1.54, 1.807) is 0 Å². The third kappa shape index (κ3) is 4.73. The van der Waals surface area contributed by atoms with Crippen molar-refractivity contribution >= 4 is 29.2 Å². The second-order valence-corrected chi connectivity index (χ2v) is 5.95. The normalized spacial score (nSPS) is 10.5. The summed E-state index contributed by atoms with van der Waals surface area (Å²) in [5.74, 6) is 2.86. The summed E-state index contributed by atoms with van der Waals surface area (Å²) in [6, 6.07) is 12.2. The Morgan fingerprint density at radius 1 is 1.20 bits per heavy atom. The van der Waals surface area contributed by atoms with Crippen molar-refractivity contribution in [1.29, 1.82) is 0 Å². The third-order valence-corrected chi connectivity index (χ3v) is 4.29. The van der Waals surface area contributed by atoms with Crippen LogP contribution in [-0.4, -0.2) is 11.5 Å². The molecule has 1 aromatic heterocycles. The van der Waals surface area contributed by atoms with Crippen molar-refractivity contribution in [2.45, 2.75) is 24.9 Å². The molecule has 0 spiro atoms. The first-order chi connectivity index (χ1) is 9.79. The number of aromatic nitrogens is 1. The molecule has 0 aliphatic rings. The van der Waals surface area contributed by atoms with Gasteiger partial charge in [0, 0.05) is 29.3 Å². The fourth-order valence-electron chi connectivity index (χ4n) is 1.81. The standard InChI is InChI=1S/C16H19ClN2S/c1-2-8-18-16-10-13(7-9-19-16)11-20-12-14-5-3-4-6-15(14)17/h3-7,9-10H,2,8,11-12H2,1H3,(H,18,19). The molecule has 0 aliphatic heterocycles. The van der Waals surface area contributed by atoms with Gasteiger partial charge in [-0.25, -0.2) is 4.98 Å². The second kappa shape index (κ2) is 8.18. The van der Waals surface area contributed by atoms with Crippen molar-refractivity contribution in [1.82, 2.24) is 4.98 Å². The summed E-state index contributed by atoms with van der Waals surface area (Å²) < 4.78 is 0. The smallest absolute Gasteiger partial charge is 0.126 e. The monoisotopic (exact) mass is 306 g/mol. The lowest BCUT2D eigenvalue weighted by Gasteiger charge is -2.07. The number of benzene rings is 1. The minimum absolute atomic E-state index is 0.847. The summed E-state index contributed by atoms with van der Waals surface area (Å²) in [4.78, 5) is 4.32. The molecule has 0 fully saturated rings. The van der Waals surface area contributed by atoms with E-state index in [-0.39, 0.29) is 0 Å². The molecular formula is C16H19ClN2S. The van der Waals surface area contributed by atoms with Crippen LogP contribution in [0.5, 0.6) is 0 Å². The van der Waals surface area contributed by atoms with Crippen LogP contribution < -0.4 is 5.32 Å². The molecular weight excluding hydrogens is 288 g/mol. The van der Waals surface area contributed by atoms with E-state index in [2.05, 4.69) is 35.4 Å². The maximum Gasteiger partial charge on any atom is 0.126 e. The van der Waals surface area contributed by atoms with Crippen LogP contribution >= 0.6 is 23.4 Å². The Kier molecular flexibility index (Phi) is 6.22. The van der Waals surface area contributed by atoms with Crippen LogP contribution in [0.25, 0.3) is 0 Å². The number of thioether (sulfide) groups is 1. The summed E-state index contributed by atoms with van der Waals surface area (Å²) in [7, 11) is 0. The summed E-state index contributed by atoms with van der Waals surface area (Å²) in [5, 5.41) is 4.16. The highest BCUT2D eigenvalue weighted by Crippen LogP contribution is 2.23. The Hall–Kier alpha value is -1.19. The maximum absolute atomic E-state index is 6.16. The minimum atomic E-state index is 0.847. The number of halogens is 1. The Morgan fingerprint density at radius 2 is 2.05 bits per heavy atom. The molecule has 0 atom stereocenters. The van der Waals surface area contributed by atoms with Crippen molar-refractivity contribution in [3.63, 3.8) is 0 Å². The highest BCUT2D eigenvalue weighted by molar-refractivity contribution is 7.97. The quantitative estimate of drug-likeness (QED) is 0.780. The predicted molar refractivity (Wildman–Crippen MR) is 89.5 cm³/mol. The predicted octanol–water partition coefficient (Wildman–Crippen LogP) is 4.99. The van der Waals surface area contributed by atoms with Gasteiger partial charge in [-0.05, 0) is 35.7 Å². The van der Waals surface area contributed by atoms with E-state index < -0.39 is 0 Å². The molecule has 106 valence electrons. The van der Waals surface area contributed by atoms with E-state index in [9.17, 15) is 0 Å². The van der Waals surface area contributed by atoms with Gasteiger partial charge in [0.2, 0.25) is 0 Å². The first-order valence-corrected chi connectivity index (χ1v) is 8.33. The van der Waals surface area contributed by atoms with Gasteiger partial charge in [0.05, 0.1) is 0 Å². The molecule has 1 N–H and O–H groups in total. The molecule has 0 saturated carbocycles. The topological polar surface area (TPSA) is 24.9 Å². The van der Waals surface area contributed by atoms with Crippen molar-refractivity contribution in [2.24, 2.45) is 0 Å². The lowest BCUT2D eigenvalue weighted by atomic mass is 10.2. The number of hydrogen-bond donors (Lipinski definition) is 1. The molecule has 1 aromatic carbocycles. The third-order valence-electron chi connectivity index (χ3n) is 2.86. The van der Waals surface area contributed by atoms with Gasteiger partial charge in [0.15, 0.2) is 0 Å². The van der Waals surface area contributed by atoms with Crippen molar-refractivity contribution < 1.29 is 0 Å². The van der Waals surface area contributed by atoms with Crippen LogP contribution in [0.3, 0.4) is 0 Å². The molecule has 20 heavy (non-hydrogen) atoms. The van der Waals surface area contributed by atoms with Crippen molar-refractivity contribution in [3.8, 4) is 0 Å². The molecule has 0 unspecified atom stereocenters. The summed E-state index contributed by atoms with van der Waals surface area (Å²) in [5.41, 5.74) is 2.48. The minimum Gasteiger partial charge on any atom is -0.370 e. The number of pyridine rings is 1. The van der Waals surface area contributed by atoms with Crippen LogP contribution in [-0.2, 0) is 11.5 Å². The van der Waals surface area contributed by atoms with Crippen LogP contribution in [0.15, 0.2) is 42.6 Å². The number of nitrogens with zero attached hydrogens (tertiary/aromatic N) is 1. The largest absolute Gasteiger partial charge is 0.370 e. The molecule has 0 bridgehead atoms. The average molecular weight is 307 g/mol. The van der Waals surface area contributed by atoms with Crippen LogP contribution in [0.4, 0.5) is 5.82 Å². The second-order valence-electron chi connectivity index (χ2n) is 4.56.